The van der Waals surface area contributed by atoms with Gasteiger partial charge in [-0.3, -0.25) is 0 Å². The molecule has 0 saturated carbocycles. The van der Waals surface area contributed by atoms with Gasteiger partial charge in [-0.15, -0.1) is 0 Å². The molecule has 3 aromatic heterocycles. The molecule has 0 amide bonds. The fraction of sp³-hybridized carbons (Fsp3) is 0. The largest absolute Gasteiger partial charge is 0.354 e. The molecule has 0 aliphatic heterocycles. The molecular formula is C17H9N5. The maximum atomic E-state index is 8.96. The second-order valence-electron chi connectivity index (χ2n) is 5.02. The molecular weight excluding hydrogens is 274 g/mol. The SMILES string of the molecule is N#Cc1ccc2cc(-c3ccn4cc(C#N)nc4c3)[nH]c2c1. The van der Waals surface area contributed by atoms with Crippen molar-refractivity contribution in [2.24, 2.45) is 0 Å². The zero-order chi connectivity index (χ0) is 15.1. The molecule has 0 atom stereocenters. The van der Waals surface area contributed by atoms with E-state index in [4.69, 9.17) is 10.5 Å². The van der Waals surface area contributed by atoms with Gasteiger partial charge in [0.15, 0.2) is 5.69 Å². The summed E-state index contributed by atoms with van der Waals surface area (Å²) in [6.07, 6.45) is 3.58. The molecule has 3 heterocycles. The van der Waals surface area contributed by atoms with Crippen molar-refractivity contribution in [1.82, 2.24) is 14.4 Å². The highest BCUT2D eigenvalue weighted by Crippen LogP contribution is 2.25. The van der Waals surface area contributed by atoms with E-state index in [1.807, 2.05) is 47.0 Å². The summed E-state index contributed by atoms with van der Waals surface area (Å²) in [7, 11) is 0. The first-order chi connectivity index (χ1) is 10.8. The summed E-state index contributed by atoms with van der Waals surface area (Å²) in [5, 5.41) is 18.9. The summed E-state index contributed by atoms with van der Waals surface area (Å²) >= 11 is 0. The fourth-order valence-corrected chi connectivity index (χ4v) is 2.56. The number of H-pyrrole nitrogens is 1. The third-order valence-electron chi connectivity index (χ3n) is 3.64. The number of pyridine rings is 1. The molecule has 0 spiro atoms. The predicted octanol–water partition coefficient (Wildman–Crippen LogP) is 3.23. The average molecular weight is 283 g/mol. The highest BCUT2D eigenvalue weighted by atomic mass is 15.0. The van der Waals surface area contributed by atoms with E-state index in [2.05, 4.69) is 16.0 Å². The monoisotopic (exact) mass is 283 g/mol. The fourth-order valence-electron chi connectivity index (χ4n) is 2.56. The summed E-state index contributed by atoms with van der Waals surface area (Å²) in [5.41, 5.74) is 4.61. The Kier molecular flexibility index (Phi) is 2.48. The Morgan fingerprint density at radius 3 is 2.77 bits per heavy atom. The number of benzene rings is 1. The van der Waals surface area contributed by atoms with Crippen LogP contribution in [0.2, 0.25) is 0 Å². The molecule has 5 nitrogen and oxygen atoms in total. The predicted molar refractivity (Wildman–Crippen MR) is 81.9 cm³/mol. The Balaban J connectivity index is 1.87. The molecule has 0 bridgehead atoms. The summed E-state index contributed by atoms with van der Waals surface area (Å²) in [6.45, 7) is 0. The van der Waals surface area contributed by atoms with Crippen LogP contribution < -0.4 is 0 Å². The van der Waals surface area contributed by atoms with E-state index in [0.717, 1.165) is 27.8 Å². The lowest BCUT2D eigenvalue weighted by atomic mass is 10.1. The van der Waals surface area contributed by atoms with Gasteiger partial charge in [0.1, 0.15) is 11.7 Å². The van der Waals surface area contributed by atoms with Gasteiger partial charge >= 0.3 is 0 Å². The van der Waals surface area contributed by atoms with Crippen LogP contribution >= 0.6 is 0 Å². The lowest BCUT2D eigenvalue weighted by Crippen LogP contribution is -1.84. The van der Waals surface area contributed by atoms with Crippen LogP contribution in [0.3, 0.4) is 0 Å². The molecule has 102 valence electrons. The summed E-state index contributed by atoms with van der Waals surface area (Å²) in [4.78, 5) is 7.56. The first-order valence-corrected chi connectivity index (χ1v) is 6.69. The van der Waals surface area contributed by atoms with E-state index in [0.29, 0.717) is 11.3 Å². The number of nitrogens with zero attached hydrogens (tertiary/aromatic N) is 4. The van der Waals surface area contributed by atoms with Gasteiger partial charge in [-0.25, -0.2) is 4.98 Å². The molecule has 1 aromatic carbocycles. The van der Waals surface area contributed by atoms with Crippen LogP contribution in [-0.4, -0.2) is 14.4 Å². The van der Waals surface area contributed by atoms with Crippen molar-refractivity contribution in [2.75, 3.05) is 0 Å². The van der Waals surface area contributed by atoms with E-state index in [1.54, 1.807) is 12.3 Å². The molecule has 0 aliphatic rings. The number of fused-ring (bicyclic) bond motifs is 2. The molecule has 5 heteroatoms. The lowest BCUT2D eigenvalue weighted by Gasteiger charge is -1.98. The van der Waals surface area contributed by atoms with Crippen molar-refractivity contribution < 1.29 is 0 Å². The van der Waals surface area contributed by atoms with Crippen molar-refractivity contribution in [3.8, 4) is 23.4 Å². The van der Waals surface area contributed by atoms with E-state index in [-0.39, 0.29) is 0 Å². The summed E-state index contributed by atoms with van der Waals surface area (Å²) in [6, 6.07) is 15.7. The minimum absolute atomic E-state index is 0.396. The van der Waals surface area contributed by atoms with Crippen LogP contribution in [0.25, 0.3) is 27.8 Å². The number of nitrogens with one attached hydrogen (secondary N) is 1. The first-order valence-electron chi connectivity index (χ1n) is 6.69. The van der Waals surface area contributed by atoms with Gasteiger partial charge in [-0.1, -0.05) is 6.07 Å². The highest BCUT2D eigenvalue weighted by Gasteiger charge is 2.07. The molecule has 1 N–H and O–H groups in total. The molecule has 0 aliphatic carbocycles. The van der Waals surface area contributed by atoms with E-state index >= 15 is 0 Å². The standard InChI is InChI=1S/C17H9N5/c18-8-11-1-2-12-6-16(21-15(12)5-11)13-3-4-22-10-14(9-19)20-17(22)7-13/h1-7,10,21H. The smallest absolute Gasteiger partial charge is 0.159 e. The molecule has 0 unspecified atom stereocenters. The minimum Gasteiger partial charge on any atom is -0.354 e. The summed E-state index contributed by atoms with van der Waals surface area (Å²) < 4.78 is 1.82. The second kappa shape index (κ2) is 4.47. The number of aromatic nitrogens is 3. The van der Waals surface area contributed by atoms with Crippen LogP contribution in [-0.2, 0) is 0 Å². The Hall–Kier alpha value is -3.57. The van der Waals surface area contributed by atoms with Gasteiger partial charge in [0.25, 0.3) is 0 Å². The number of rotatable bonds is 1. The van der Waals surface area contributed by atoms with Crippen molar-refractivity contribution in [3.63, 3.8) is 0 Å². The maximum Gasteiger partial charge on any atom is 0.159 e. The van der Waals surface area contributed by atoms with Crippen LogP contribution in [0.4, 0.5) is 0 Å². The number of nitriles is 2. The first kappa shape index (κ1) is 12.2. The minimum atomic E-state index is 0.396. The Morgan fingerprint density at radius 2 is 1.95 bits per heavy atom. The van der Waals surface area contributed by atoms with Crippen molar-refractivity contribution in [1.29, 1.82) is 10.5 Å². The van der Waals surface area contributed by atoms with Crippen molar-refractivity contribution >= 4 is 16.6 Å². The normalized spacial score (nSPS) is 10.6. The molecule has 4 rings (SSSR count). The van der Waals surface area contributed by atoms with E-state index < -0.39 is 0 Å². The Labute approximate surface area is 125 Å². The molecule has 0 radical (unpaired) electrons. The molecule has 0 fully saturated rings. The number of hydrogen-bond donors (Lipinski definition) is 1. The molecule has 0 saturated heterocycles. The topological polar surface area (TPSA) is 80.7 Å². The number of imidazole rings is 1. The molecule has 22 heavy (non-hydrogen) atoms. The number of hydrogen-bond acceptors (Lipinski definition) is 3. The third-order valence-corrected chi connectivity index (χ3v) is 3.64. The Bertz CT molecular complexity index is 1090. The van der Waals surface area contributed by atoms with Gasteiger partial charge in [0.05, 0.1) is 11.6 Å². The van der Waals surface area contributed by atoms with Crippen molar-refractivity contribution in [3.05, 3.63) is 60.0 Å². The van der Waals surface area contributed by atoms with Crippen molar-refractivity contribution in [2.45, 2.75) is 0 Å². The second-order valence-corrected chi connectivity index (χ2v) is 5.02. The van der Waals surface area contributed by atoms with Crippen LogP contribution in [0.15, 0.2) is 48.8 Å². The zero-order valence-corrected chi connectivity index (χ0v) is 11.4. The van der Waals surface area contributed by atoms with Gasteiger partial charge < -0.3 is 9.38 Å². The van der Waals surface area contributed by atoms with Crippen LogP contribution in [0.5, 0.6) is 0 Å². The van der Waals surface area contributed by atoms with E-state index in [1.165, 1.54) is 0 Å². The zero-order valence-electron chi connectivity index (χ0n) is 11.4. The quantitative estimate of drug-likeness (QED) is 0.582. The third kappa shape index (κ3) is 1.81. The van der Waals surface area contributed by atoms with Crippen LogP contribution in [0, 0.1) is 22.7 Å². The molecule has 4 aromatic rings. The van der Waals surface area contributed by atoms with E-state index in [9.17, 15) is 0 Å². The summed E-state index contributed by atoms with van der Waals surface area (Å²) in [5.74, 6) is 0. The van der Waals surface area contributed by atoms with Gasteiger partial charge in [0, 0.05) is 34.6 Å². The maximum absolute atomic E-state index is 8.96. The average Bonchev–Trinajstić information content (AvgIpc) is 3.16. The van der Waals surface area contributed by atoms with Gasteiger partial charge in [-0.05, 0) is 30.3 Å². The lowest BCUT2D eigenvalue weighted by molar-refractivity contribution is 1.18. The Morgan fingerprint density at radius 1 is 1.05 bits per heavy atom. The number of aromatic amines is 1. The van der Waals surface area contributed by atoms with Gasteiger partial charge in [0.2, 0.25) is 0 Å². The highest BCUT2D eigenvalue weighted by molar-refractivity contribution is 5.87. The van der Waals surface area contributed by atoms with Gasteiger partial charge in [-0.2, -0.15) is 10.5 Å². The van der Waals surface area contributed by atoms with Crippen LogP contribution in [0.1, 0.15) is 11.3 Å².